The van der Waals surface area contributed by atoms with E-state index < -0.39 is 6.10 Å². The van der Waals surface area contributed by atoms with Gasteiger partial charge in [-0.2, -0.15) is 0 Å². The van der Waals surface area contributed by atoms with Gasteiger partial charge in [-0.05, 0) is 62.9 Å². The number of benzene rings is 1. The van der Waals surface area contributed by atoms with E-state index in [4.69, 9.17) is 4.42 Å². The maximum absolute atomic E-state index is 10.5. The number of aliphatic hydroxyl groups excluding tert-OH is 1. The van der Waals surface area contributed by atoms with Crippen LogP contribution in [0.2, 0.25) is 0 Å². The van der Waals surface area contributed by atoms with Gasteiger partial charge in [0, 0.05) is 5.56 Å². The summed E-state index contributed by atoms with van der Waals surface area (Å²) in [5.74, 6) is 1.63. The monoisotopic (exact) mass is 244 g/mol. The zero-order valence-corrected chi connectivity index (χ0v) is 11.7. The van der Waals surface area contributed by atoms with Gasteiger partial charge in [-0.15, -0.1) is 0 Å². The van der Waals surface area contributed by atoms with Gasteiger partial charge < -0.3 is 9.52 Å². The maximum Gasteiger partial charge on any atom is 0.108 e. The quantitative estimate of drug-likeness (QED) is 0.869. The molecule has 0 aliphatic rings. The van der Waals surface area contributed by atoms with Crippen molar-refractivity contribution in [3.8, 4) is 0 Å². The fraction of sp³-hybridized carbons (Fsp3) is 0.375. The van der Waals surface area contributed by atoms with Crippen LogP contribution in [-0.4, -0.2) is 5.11 Å². The highest BCUT2D eigenvalue weighted by Crippen LogP contribution is 2.30. The van der Waals surface area contributed by atoms with Crippen molar-refractivity contribution in [1.82, 2.24) is 0 Å². The molecule has 0 fully saturated rings. The van der Waals surface area contributed by atoms with Crippen molar-refractivity contribution in [3.05, 3.63) is 57.5 Å². The Morgan fingerprint density at radius 1 is 0.833 bits per heavy atom. The molecular formula is C16H20O2. The largest absolute Gasteiger partial charge is 0.466 e. The van der Waals surface area contributed by atoms with Crippen molar-refractivity contribution in [3.63, 3.8) is 0 Å². The molecule has 0 amide bonds. The average Bonchev–Trinajstić information content (AvgIpc) is 2.62. The van der Waals surface area contributed by atoms with Crippen LogP contribution < -0.4 is 0 Å². The SMILES string of the molecule is Cc1cc(C(O)c2cc(C)c(C)cc2C)c(C)o1. The van der Waals surface area contributed by atoms with Crippen molar-refractivity contribution in [2.24, 2.45) is 0 Å². The highest BCUT2D eigenvalue weighted by molar-refractivity contribution is 5.42. The molecule has 1 unspecified atom stereocenters. The molecule has 2 rings (SSSR count). The third-order valence-electron chi connectivity index (χ3n) is 3.55. The minimum atomic E-state index is -0.609. The molecule has 1 aromatic carbocycles. The van der Waals surface area contributed by atoms with Gasteiger partial charge in [0.25, 0.3) is 0 Å². The first-order chi connectivity index (χ1) is 8.40. The van der Waals surface area contributed by atoms with E-state index in [9.17, 15) is 5.11 Å². The van der Waals surface area contributed by atoms with Crippen LogP contribution in [0.15, 0.2) is 22.6 Å². The number of aryl methyl sites for hydroxylation is 5. The second kappa shape index (κ2) is 4.62. The lowest BCUT2D eigenvalue weighted by Crippen LogP contribution is -2.03. The van der Waals surface area contributed by atoms with Crippen LogP contribution in [0.4, 0.5) is 0 Å². The normalized spacial score (nSPS) is 12.8. The summed E-state index contributed by atoms with van der Waals surface area (Å²) in [7, 11) is 0. The maximum atomic E-state index is 10.5. The van der Waals surface area contributed by atoms with E-state index in [-0.39, 0.29) is 0 Å². The fourth-order valence-corrected chi connectivity index (χ4v) is 2.37. The van der Waals surface area contributed by atoms with Crippen LogP contribution in [0.1, 0.15) is 45.4 Å². The van der Waals surface area contributed by atoms with Crippen LogP contribution in [0.3, 0.4) is 0 Å². The molecule has 2 nitrogen and oxygen atoms in total. The topological polar surface area (TPSA) is 33.4 Å². The van der Waals surface area contributed by atoms with Gasteiger partial charge in [-0.3, -0.25) is 0 Å². The van der Waals surface area contributed by atoms with E-state index in [0.29, 0.717) is 0 Å². The molecule has 0 saturated heterocycles. The Morgan fingerprint density at radius 2 is 1.44 bits per heavy atom. The van der Waals surface area contributed by atoms with Crippen LogP contribution in [-0.2, 0) is 0 Å². The van der Waals surface area contributed by atoms with Crippen LogP contribution in [0.25, 0.3) is 0 Å². The summed E-state index contributed by atoms with van der Waals surface area (Å²) in [5, 5.41) is 10.5. The fourth-order valence-electron chi connectivity index (χ4n) is 2.37. The second-order valence-electron chi connectivity index (χ2n) is 5.06. The lowest BCUT2D eigenvalue weighted by atomic mass is 9.94. The summed E-state index contributed by atoms with van der Waals surface area (Å²) in [6, 6.07) is 6.10. The Kier molecular flexibility index (Phi) is 3.31. The predicted molar refractivity (Wildman–Crippen MR) is 72.9 cm³/mol. The molecule has 18 heavy (non-hydrogen) atoms. The van der Waals surface area contributed by atoms with E-state index >= 15 is 0 Å². The van der Waals surface area contributed by atoms with Gasteiger partial charge >= 0.3 is 0 Å². The smallest absolute Gasteiger partial charge is 0.108 e. The van der Waals surface area contributed by atoms with Gasteiger partial charge in [0.05, 0.1) is 0 Å². The standard InChI is InChI=1S/C16H20O2/c1-9-6-11(3)14(7-10(9)2)16(17)15-8-12(4)18-13(15)5/h6-8,16-17H,1-5H3. The second-order valence-corrected chi connectivity index (χ2v) is 5.06. The van der Waals surface area contributed by atoms with Crippen molar-refractivity contribution >= 4 is 0 Å². The van der Waals surface area contributed by atoms with E-state index in [2.05, 4.69) is 26.0 Å². The zero-order chi connectivity index (χ0) is 13.4. The molecule has 0 radical (unpaired) electrons. The van der Waals surface area contributed by atoms with Gasteiger partial charge in [0.2, 0.25) is 0 Å². The summed E-state index contributed by atoms with van der Waals surface area (Å²) in [4.78, 5) is 0. The molecule has 2 aromatic rings. The molecule has 1 N–H and O–H groups in total. The molecule has 2 heteroatoms. The van der Waals surface area contributed by atoms with Gasteiger partial charge in [-0.25, -0.2) is 0 Å². The molecular weight excluding hydrogens is 224 g/mol. The predicted octanol–water partition coefficient (Wildman–Crippen LogP) is 3.90. The molecule has 1 aromatic heterocycles. The lowest BCUT2D eigenvalue weighted by molar-refractivity contribution is 0.217. The first kappa shape index (κ1) is 12.9. The summed E-state index contributed by atoms with van der Waals surface area (Å²) in [6.07, 6.45) is -0.609. The molecule has 0 spiro atoms. The zero-order valence-electron chi connectivity index (χ0n) is 11.7. The van der Waals surface area contributed by atoms with Crippen molar-refractivity contribution in [2.45, 2.75) is 40.7 Å². The Hall–Kier alpha value is -1.54. The van der Waals surface area contributed by atoms with E-state index in [1.54, 1.807) is 0 Å². The lowest BCUT2D eigenvalue weighted by Gasteiger charge is -2.15. The highest BCUT2D eigenvalue weighted by atomic mass is 16.3. The minimum absolute atomic E-state index is 0.609. The Morgan fingerprint density at radius 3 is 2.00 bits per heavy atom. The van der Waals surface area contributed by atoms with Crippen molar-refractivity contribution in [2.75, 3.05) is 0 Å². The molecule has 1 atom stereocenters. The number of hydrogen-bond acceptors (Lipinski definition) is 2. The molecule has 0 aliphatic heterocycles. The van der Waals surface area contributed by atoms with E-state index in [0.717, 1.165) is 28.2 Å². The molecule has 0 saturated carbocycles. The minimum Gasteiger partial charge on any atom is -0.466 e. The molecule has 96 valence electrons. The highest BCUT2D eigenvalue weighted by Gasteiger charge is 2.18. The van der Waals surface area contributed by atoms with Gasteiger partial charge in [-0.1, -0.05) is 12.1 Å². The molecule has 0 aliphatic carbocycles. The number of furan rings is 1. The Labute approximate surface area is 108 Å². The van der Waals surface area contributed by atoms with Gasteiger partial charge in [0.15, 0.2) is 0 Å². The summed E-state index contributed by atoms with van der Waals surface area (Å²) < 4.78 is 5.49. The third kappa shape index (κ3) is 2.21. The van der Waals surface area contributed by atoms with Crippen LogP contribution in [0.5, 0.6) is 0 Å². The average molecular weight is 244 g/mol. The van der Waals surface area contributed by atoms with E-state index in [1.807, 2.05) is 26.8 Å². The molecule has 0 bridgehead atoms. The Bertz CT molecular complexity index is 579. The van der Waals surface area contributed by atoms with E-state index in [1.165, 1.54) is 11.1 Å². The van der Waals surface area contributed by atoms with Crippen molar-refractivity contribution in [1.29, 1.82) is 0 Å². The summed E-state index contributed by atoms with van der Waals surface area (Å²) in [5.41, 5.74) is 5.39. The number of aliphatic hydroxyl groups is 1. The van der Waals surface area contributed by atoms with Crippen LogP contribution >= 0.6 is 0 Å². The summed E-state index contributed by atoms with van der Waals surface area (Å²) >= 11 is 0. The molecule has 1 heterocycles. The number of rotatable bonds is 2. The van der Waals surface area contributed by atoms with Crippen molar-refractivity contribution < 1.29 is 9.52 Å². The first-order valence-corrected chi connectivity index (χ1v) is 6.23. The number of hydrogen-bond donors (Lipinski definition) is 1. The van der Waals surface area contributed by atoms with Crippen LogP contribution in [0, 0.1) is 34.6 Å². The first-order valence-electron chi connectivity index (χ1n) is 6.23. The third-order valence-corrected chi connectivity index (χ3v) is 3.55. The van der Waals surface area contributed by atoms with Gasteiger partial charge in [0.1, 0.15) is 17.6 Å². The summed E-state index contributed by atoms with van der Waals surface area (Å²) in [6.45, 7) is 9.98. The Balaban J connectivity index is 2.49.